The molecule has 0 N–H and O–H groups in total. The minimum absolute atomic E-state index is 0.341. The maximum Gasteiger partial charge on any atom is 0.0344 e. The Kier molecular flexibility index (Phi) is 8.57. The third-order valence-corrected chi connectivity index (χ3v) is 5.95. The quantitative estimate of drug-likeness (QED) is 0.539. The highest BCUT2D eigenvalue weighted by molar-refractivity contribution is 9.12. The van der Waals surface area contributed by atoms with Crippen molar-refractivity contribution in [2.24, 2.45) is 0 Å². The molecule has 0 rings (SSSR count). The molecule has 0 radical (unpaired) electrons. The van der Waals surface area contributed by atoms with Gasteiger partial charge in [-0.3, -0.25) is 0 Å². The van der Waals surface area contributed by atoms with Crippen molar-refractivity contribution in [2.45, 2.75) is 17.1 Å². The third-order valence-electron chi connectivity index (χ3n) is 0.959. The van der Waals surface area contributed by atoms with Crippen LogP contribution in [0.5, 0.6) is 0 Å². The predicted molar refractivity (Wildman–Crippen MR) is 59.9 cm³/mol. The molecule has 0 saturated carbocycles. The molecule has 0 bridgehead atoms. The molecule has 0 spiro atoms. The van der Waals surface area contributed by atoms with Crippen LogP contribution in [0.3, 0.4) is 0 Å². The maximum absolute atomic E-state index is 5.78. The van der Waals surface area contributed by atoms with Gasteiger partial charge in [-0.15, -0.1) is 20.2 Å². The van der Waals surface area contributed by atoms with Crippen molar-refractivity contribution < 1.29 is 0 Å². The van der Waals surface area contributed by atoms with Crippen molar-refractivity contribution in [2.75, 3.05) is 17.7 Å². The number of rotatable bonds is 5. The maximum atomic E-state index is 5.78. The van der Waals surface area contributed by atoms with Gasteiger partial charge in [0.2, 0.25) is 0 Å². The summed E-state index contributed by atoms with van der Waals surface area (Å²) in [4.78, 5) is 0.626. The Morgan fingerprint density at radius 2 is 2.10 bits per heavy atom. The van der Waals surface area contributed by atoms with Crippen LogP contribution in [0.2, 0.25) is 0 Å². The van der Waals surface area contributed by atoms with Crippen molar-refractivity contribution in [3.8, 4) is 0 Å². The summed E-state index contributed by atoms with van der Waals surface area (Å²) in [6, 6.07) is 0. The summed E-state index contributed by atoms with van der Waals surface area (Å²) in [5, 5.41) is 1.38. The SMILES string of the molecule is CC(Cl)CPCC(Br)CBr. The van der Waals surface area contributed by atoms with E-state index >= 15 is 0 Å². The van der Waals surface area contributed by atoms with Gasteiger partial charge in [0.25, 0.3) is 0 Å². The Bertz CT molecular complexity index is 80.1. The summed E-state index contributed by atoms with van der Waals surface area (Å²) in [6.07, 6.45) is 2.39. The van der Waals surface area contributed by atoms with E-state index in [1.807, 2.05) is 6.92 Å². The molecule has 0 fully saturated rings. The molecule has 0 aromatic rings. The molecule has 4 heteroatoms. The second-order valence-corrected chi connectivity index (χ2v) is 6.19. The van der Waals surface area contributed by atoms with Crippen molar-refractivity contribution in [1.29, 1.82) is 0 Å². The highest BCUT2D eigenvalue weighted by Gasteiger charge is 2.02. The van der Waals surface area contributed by atoms with Crippen LogP contribution < -0.4 is 0 Å². The molecule has 0 heterocycles. The molecule has 0 aliphatic carbocycles. The Hall–Kier alpha value is 1.68. The van der Waals surface area contributed by atoms with Gasteiger partial charge in [-0.1, -0.05) is 31.9 Å². The molecule has 0 amide bonds. The van der Waals surface area contributed by atoms with Gasteiger partial charge in [-0.25, -0.2) is 0 Å². The molecule has 0 nitrogen and oxygen atoms in total. The highest BCUT2D eigenvalue weighted by Crippen LogP contribution is 2.19. The lowest BCUT2D eigenvalue weighted by atomic mass is 10.6. The smallest absolute Gasteiger partial charge is 0.0344 e. The molecule has 0 aliphatic rings. The lowest BCUT2D eigenvalue weighted by Gasteiger charge is -2.06. The van der Waals surface area contributed by atoms with Crippen LogP contribution in [0.1, 0.15) is 6.92 Å². The largest absolute Gasteiger partial charge is 0.123 e. The van der Waals surface area contributed by atoms with Gasteiger partial charge < -0.3 is 0 Å². The van der Waals surface area contributed by atoms with Gasteiger partial charge in [0.1, 0.15) is 0 Å². The Labute approximate surface area is 86.5 Å². The van der Waals surface area contributed by atoms with E-state index in [4.69, 9.17) is 11.6 Å². The monoisotopic (exact) mass is 308 g/mol. The normalized spacial score (nSPS) is 18.0. The molecule has 0 aromatic carbocycles. The van der Waals surface area contributed by atoms with E-state index in [0.29, 0.717) is 10.2 Å². The fourth-order valence-corrected chi connectivity index (χ4v) is 3.18. The number of halogens is 3. The molecule has 62 valence electrons. The molecule has 10 heavy (non-hydrogen) atoms. The minimum atomic E-state index is 0.341. The second-order valence-electron chi connectivity index (χ2n) is 2.19. The first-order valence-corrected chi connectivity index (χ1v) is 7.10. The zero-order chi connectivity index (χ0) is 7.98. The highest BCUT2D eigenvalue weighted by atomic mass is 79.9. The standard InChI is InChI=1S/C6H12Br2ClP/c1-5(9)3-10-4-6(8)2-7/h5-6,10H,2-4H2,1H3. The van der Waals surface area contributed by atoms with E-state index in [-0.39, 0.29) is 0 Å². The van der Waals surface area contributed by atoms with Crippen molar-refractivity contribution >= 4 is 52.0 Å². The van der Waals surface area contributed by atoms with Gasteiger partial charge in [-0.05, 0) is 19.2 Å². The molecular weight excluding hydrogens is 298 g/mol. The van der Waals surface area contributed by atoms with E-state index in [1.54, 1.807) is 0 Å². The van der Waals surface area contributed by atoms with E-state index < -0.39 is 0 Å². The summed E-state index contributed by atoms with van der Waals surface area (Å²) in [5.41, 5.74) is 0. The molecular formula is C6H12Br2ClP. The molecule has 3 unspecified atom stereocenters. The van der Waals surface area contributed by atoms with Gasteiger partial charge in [0.15, 0.2) is 0 Å². The lowest BCUT2D eigenvalue weighted by Crippen LogP contribution is -2.03. The van der Waals surface area contributed by atoms with Crippen molar-refractivity contribution in [3.05, 3.63) is 0 Å². The second kappa shape index (κ2) is 7.34. The third kappa shape index (κ3) is 7.78. The Morgan fingerprint density at radius 3 is 2.50 bits per heavy atom. The summed E-state index contributed by atoms with van der Waals surface area (Å²) in [5.74, 6) is 0. The van der Waals surface area contributed by atoms with Gasteiger partial charge >= 0.3 is 0 Å². The number of hydrogen-bond donors (Lipinski definition) is 0. The van der Waals surface area contributed by atoms with E-state index in [2.05, 4.69) is 31.9 Å². The van der Waals surface area contributed by atoms with Crippen LogP contribution in [0.15, 0.2) is 0 Å². The zero-order valence-electron chi connectivity index (χ0n) is 5.91. The Morgan fingerprint density at radius 1 is 1.50 bits per heavy atom. The zero-order valence-corrected chi connectivity index (χ0v) is 10.8. The molecule has 3 atom stereocenters. The van der Waals surface area contributed by atoms with Crippen LogP contribution in [0.4, 0.5) is 0 Å². The molecule has 0 saturated heterocycles. The first kappa shape index (κ1) is 11.7. The first-order chi connectivity index (χ1) is 4.66. The van der Waals surface area contributed by atoms with Gasteiger partial charge in [0.05, 0.1) is 0 Å². The Balaban J connectivity index is 3.03. The average molecular weight is 310 g/mol. The van der Waals surface area contributed by atoms with Crippen LogP contribution >= 0.6 is 52.0 Å². The van der Waals surface area contributed by atoms with Crippen LogP contribution in [0.25, 0.3) is 0 Å². The van der Waals surface area contributed by atoms with E-state index in [0.717, 1.165) is 20.1 Å². The fourth-order valence-electron chi connectivity index (χ4n) is 0.493. The van der Waals surface area contributed by atoms with Crippen LogP contribution in [-0.2, 0) is 0 Å². The van der Waals surface area contributed by atoms with Crippen molar-refractivity contribution in [3.63, 3.8) is 0 Å². The topological polar surface area (TPSA) is 0 Å². The minimum Gasteiger partial charge on any atom is -0.123 e. The summed E-state index contributed by atoms with van der Waals surface area (Å²) >= 11 is 12.7. The fraction of sp³-hybridized carbons (Fsp3) is 1.00. The molecule has 0 aliphatic heterocycles. The number of alkyl halides is 3. The summed E-state index contributed by atoms with van der Waals surface area (Å²) in [6.45, 7) is 2.05. The van der Waals surface area contributed by atoms with Crippen molar-refractivity contribution in [1.82, 2.24) is 0 Å². The van der Waals surface area contributed by atoms with Gasteiger partial charge in [0, 0.05) is 15.5 Å². The van der Waals surface area contributed by atoms with Gasteiger partial charge in [-0.2, -0.15) is 0 Å². The average Bonchev–Trinajstić information content (AvgIpc) is 1.87. The van der Waals surface area contributed by atoms with Crippen LogP contribution in [0, 0.1) is 0 Å². The lowest BCUT2D eigenvalue weighted by molar-refractivity contribution is 1.10. The van der Waals surface area contributed by atoms with E-state index in [1.165, 1.54) is 6.16 Å². The summed E-state index contributed by atoms with van der Waals surface area (Å²) in [7, 11) is 0.991. The van der Waals surface area contributed by atoms with Crippen LogP contribution in [-0.4, -0.2) is 27.9 Å². The summed E-state index contributed by atoms with van der Waals surface area (Å²) < 4.78 is 0. The first-order valence-electron chi connectivity index (χ1n) is 3.21. The number of hydrogen-bond acceptors (Lipinski definition) is 0. The predicted octanol–water partition coefficient (Wildman–Crippen LogP) is 3.45. The van der Waals surface area contributed by atoms with E-state index in [9.17, 15) is 0 Å². The molecule has 0 aromatic heterocycles.